The first kappa shape index (κ1) is 11.4. The van der Waals surface area contributed by atoms with E-state index in [0.29, 0.717) is 0 Å². The van der Waals surface area contributed by atoms with Crippen LogP contribution >= 0.6 is 0 Å². The average molecular weight is 212 g/mol. The van der Waals surface area contributed by atoms with Gasteiger partial charge in [0.25, 0.3) is 0 Å². The summed E-state index contributed by atoms with van der Waals surface area (Å²) < 4.78 is 5.73. The zero-order valence-electron chi connectivity index (χ0n) is 10.0. The third-order valence-corrected chi connectivity index (χ3v) is 3.82. The fourth-order valence-electron chi connectivity index (χ4n) is 2.46. The molecule has 0 aromatic rings. The first-order valence-corrected chi connectivity index (χ1v) is 6.15. The van der Waals surface area contributed by atoms with Crippen LogP contribution in [0.3, 0.4) is 0 Å². The lowest BCUT2D eigenvalue weighted by Gasteiger charge is -2.29. The number of nitrogens with one attached hydrogen (secondary N) is 1. The summed E-state index contributed by atoms with van der Waals surface area (Å²) in [6.07, 6.45) is 4.98. The quantitative estimate of drug-likeness (QED) is 0.721. The Morgan fingerprint density at radius 1 is 1.53 bits per heavy atom. The summed E-state index contributed by atoms with van der Waals surface area (Å²) in [7, 11) is 0. The van der Waals surface area contributed by atoms with Gasteiger partial charge >= 0.3 is 0 Å². The summed E-state index contributed by atoms with van der Waals surface area (Å²) in [5.74, 6) is 0.738. The molecule has 2 rings (SSSR count). The van der Waals surface area contributed by atoms with Crippen molar-refractivity contribution in [3.8, 4) is 0 Å². The molecule has 1 aliphatic heterocycles. The molecule has 3 heteroatoms. The predicted molar refractivity (Wildman–Crippen MR) is 61.8 cm³/mol. The van der Waals surface area contributed by atoms with Crippen molar-refractivity contribution in [1.29, 1.82) is 0 Å². The average Bonchev–Trinajstić information content (AvgIpc) is 2.92. The van der Waals surface area contributed by atoms with E-state index in [0.717, 1.165) is 25.6 Å². The van der Waals surface area contributed by atoms with Crippen molar-refractivity contribution in [3.05, 3.63) is 0 Å². The minimum Gasteiger partial charge on any atom is -0.374 e. The van der Waals surface area contributed by atoms with Crippen LogP contribution in [0.5, 0.6) is 0 Å². The van der Waals surface area contributed by atoms with Gasteiger partial charge in [0.1, 0.15) is 0 Å². The van der Waals surface area contributed by atoms with Gasteiger partial charge in [-0.2, -0.15) is 0 Å². The van der Waals surface area contributed by atoms with Crippen LogP contribution in [-0.2, 0) is 4.74 Å². The topological polar surface area (TPSA) is 47.3 Å². The van der Waals surface area contributed by atoms with Crippen LogP contribution in [0.1, 0.15) is 39.5 Å². The Balaban J connectivity index is 1.69. The van der Waals surface area contributed by atoms with Crippen molar-refractivity contribution in [2.45, 2.75) is 50.7 Å². The molecule has 1 aliphatic carbocycles. The highest BCUT2D eigenvalue weighted by atomic mass is 16.5. The molecule has 1 heterocycles. The van der Waals surface area contributed by atoms with Gasteiger partial charge in [0.05, 0.1) is 5.60 Å². The second-order valence-corrected chi connectivity index (χ2v) is 5.79. The maximum Gasteiger partial charge on any atom is 0.0779 e. The van der Waals surface area contributed by atoms with Gasteiger partial charge in [-0.1, -0.05) is 0 Å². The first-order valence-electron chi connectivity index (χ1n) is 6.15. The van der Waals surface area contributed by atoms with Crippen molar-refractivity contribution in [1.82, 2.24) is 5.32 Å². The molecule has 3 nitrogen and oxygen atoms in total. The summed E-state index contributed by atoms with van der Waals surface area (Å²) in [6.45, 7) is 7.12. The molecule has 2 aliphatic rings. The van der Waals surface area contributed by atoms with Crippen molar-refractivity contribution < 1.29 is 4.74 Å². The van der Waals surface area contributed by atoms with Gasteiger partial charge in [0, 0.05) is 25.2 Å². The zero-order chi connectivity index (χ0) is 10.9. The molecule has 0 bridgehead atoms. The number of nitrogens with two attached hydrogens (primary N) is 1. The Morgan fingerprint density at radius 3 is 2.80 bits per heavy atom. The van der Waals surface area contributed by atoms with E-state index in [4.69, 9.17) is 10.5 Å². The molecule has 15 heavy (non-hydrogen) atoms. The third kappa shape index (κ3) is 2.92. The first-order chi connectivity index (χ1) is 7.02. The molecule has 1 saturated heterocycles. The number of hydrogen-bond acceptors (Lipinski definition) is 3. The van der Waals surface area contributed by atoms with E-state index in [1.807, 2.05) is 0 Å². The van der Waals surface area contributed by atoms with Crippen LogP contribution in [0.25, 0.3) is 0 Å². The minimum absolute atomic E-state index is 0.0189. The zero-order valence-corrected chi connectivity index (χ0v) is 10.0. The molecular formula is C12H24N2O. The normalized spacial score (nSPS) is 35.4. The lowest BCUT2D eigenvalue weighted by molar-refractivity contribution is 0.0199. The highest BCUT2D eigenvalue weighted by molar-refractivity contribution is 4.97. The van der Waals surface area contributed by atoms with Crippen molar-refractivity contribution in [2.24, 2.45) is 11.7 Å². The Bertz CT molecular complexity index is 213. The summed E-state index contributed by atoms with van der Waals surface area (Å²) in [5, 5.41) is 3.48. The van der Waals surface area contributed by atoms with E-state index >= 15 is 0 Å². The highest BCUT2D eigenvalue weighted by Gasteiger charge is 2.38. The van der Waals surface area contributed by atoms with E-state index in [9.17, 15) is 0 Å². The van der Waals surface area contributed by atoms with Crippen LogP contribution in [0.2, 0.25) is 0 Å². The lowest BCUT2D eigenvalue weighted by Crippen LogP contribution is -2.51. The smallest absolute Gasteiger partial charge is 0.0779 e. The fourth-order valence-corrected chi connectivity index (χ4v) is 2.46. The SMILES string of the molecule is CC1(CNCC(C)(N)C2CC2)CCCO1. The molecular weight excluding hydrogens is 188 g/mol. The molecule has 0 spiro atoms. The maximum absolute atomic E-state index is 6.25. The summed E-state index contributed by atoms with van der Waals surface area (Å²) in [5.41, 5.74) is 6.28. The van der Waals surface area contributed by atoms with E-state index in [-0.39, 0.29) is 11.1 Å². The third-order valence-electron chi connectivity index (χ3n) is 3.82. The Morgan fingerprint density at radius 2 is 2.27 bits per heavy atom. The standard InChI is InChI=1S/C12H24N2O/c1-11(6-3-7-15-11)8-14-9-12(2,13)10-4-5-10/h10,14H,3-9,13H2,1-2H3. The lowest BCUT2D eigenvalue weighted by atomic mass is 9.96. The molecule has 2 fully saturated rings. The van der Waals surface area contributed by atoms with Crippen LogP contribution in [0.15, 0.2) is 0 Å². The molecule has 88 valence electrons. The second kappa shape index (κ2) is 4.04. The van der Waals surface area contributed by atoms with Crippen LogP contribution in [0, 0.1) is 5.92 Å². The van der Waals surface area contributed by atoms with Gasteiger partial charge < -0.3 is 15.8 Å². The van der Waals surface area contributed by atoms with Gasteiger partial charge in [-0.25, -0.2) is 0 Å². The Hall–Kier alpha value is -0.120. The minimum atomic E-state index is -0.0189. The molecule has 2 unspecified atom stereocenters. The number of ether oxygens (including phenoxy) is 1. The van der Waals surface area contributed by atoms with Gasteiger partial charge in [0.15, 0.2) is 0 Å². The summed E-state index contributed by atoms with van der Waals surface area (Å²) in [4.78, 5) is 0. The van der Waals surface area contributed by atoms with Crippen molar-refractivity contribution in [2.75, 3.05) is 19.7 Å². The van der Waals surface area contributed by atoms with Gasteiger partial charge in [0.2, 0.25) is 0 Å². The van der Waals surface area contributed by atoms with Gasteiger partial charge in [-0.3, -0.25) is 0 Å². The Kier molecular flexibility index (Phi) is 3.06. The fraction of sp³-hybridized carbons (Fsp3) is 1.00. The van der Waals surface area contributed by atoms with Crippen molar-refractivity contribution >= 4 is 0 Å². The van der Waals surface area contributed by atoms with E-state index in [1.165, 1.54) is 25.7 Å². The van der Waals surface area contributed by atoms with E-state index in [2.05, 4.69) is 19.2 Å². The van der Waals surface area contributed by atoms with Crippen molar-refractivity contribution in [3.63, 3.8) is 0 Å². The van der Waals surface area contributed by atoms with Gasteiger partial charge in [-0.05, 0) is 45.4 Å². The van der Waals surface area contributed by atoms with Crippen LogP contribution in [0.4, 0.5) is 0 Å². The monoisotopic (exact) mass is 212 g/mol. The number of rotatable bonds is 5. The maximum atomic E-state index is 6.25. The predicted octanol–water partition coefficient (Wildman–Crippen LogP) is 1.27. The van der Waals surface area contributed by atoms with Crippen LogP contribution in [-0.4, -0.2) is 30.8 Å². The molecule has 2 atom stereocenters. The highest BCUT2D eigenvalue weighted by Crippen LogP contribution is 2.37. The molecule has 1 saturated carbocycles. The van der Waals surface area contributed by atoms with Crippen LogP contribution < -0.4 is 11.1 Å². The number of hydrogen-bond donors (Lipinski definition) is 2. The molecule has 0 aromatic carbocycles. The molecule has 3 N–H and O–H groups in total. The van der Waals surface area contributed by atoms with E-state index in [1.54, 1.807) is 0 Å². The second-order valence-electron chi connectivity index (χ2n) is 5.79. The molecule has 0 aromatic heterocycles. The summed E-state index contributed by atoms with van der Waals surface area (Å²) >= 11 is 0. The largest absolute Gasteiger partial charge is 0.374 e. The molecule has 0 amide bonds. The summed E-state index contributed by atoms with van der Waals surface area (Å²) in [6, 6.07) is 0. The van der Waals surface area contributed by atoms with Gasteiger partial charge in [-0.15, -0.1) is 0 Å². The molecule has 0 radical (unpaired) electrons. The Labute approximate surface area is 92.7 Å². The van der Waals surface area contributed by atoms with E-state index < -0.39 is 0 Å².